The van der Waals surface area contributed by atoms with Gasteiger partial charge < -0.3 is 9.88 Å². The van der Waals surface area contributed by atoms with E-state index < -0.39 is 0 Å². The predicted molar refractivity (Wildman–Crippen MR) is 97.9 cm³/mol. The number of aromatic amines is 1. The highest BCUT2D eigenvalue weighted by molar-refractivity contribution is 8.01. The number of thioether (sulfide) groups is 1. The van der Waals surface area contributed by atoms with E-state index in [0.717, 1.165) is 38.0 Å². The summed E-state index contributed by atoms with van der Waals surface area (Å²) in [6.07, 6.45) is 2.56. The van der Waals surface area contributed by atoms with E-state index >= 15 is 0 Å². The first-order chi connectivity index (χ1) is 12.1. The topological polar surface area (TPSA) is 66.1 Å². The van der Waals surface area contributed by atoms with Gasteiger partial charge in [-0.15, -0.1) is 11.8 Å². The van der Waals surface area contributed by atoms with Gasteiger partial charge in [-0.25, -0.2) is 4.98 Å². The van der Waals surface area contributed by atoms with E-state index in [4.69, 9.17) is 0 Å². The molecule has 1 N–H and O–H groups in total. The summed E-state index contributed by atoms with van der Waals surface area (Å²) in [6.45, 7) is 3.29. The standard InChI is InChI=1S/C19H21N3O2S/c1-12-20-15(11-18(23)21-12)13-6-8-22(9-7-13)19(24)17-10-14-4-2-3-5-16(14)25-17/h2-5,11,13,17H,6-10H2,1H3,(H,20,21,23)/t17-/m1/s1. The van der Waals surface area contributed by atoms with Crippen LogP contribution < -0.4 is 5.56 Å². The summed E-state index contributed by atoms with van der Waals surface area (Å²) in [5.41, 5.74) is 2.04. The summed E-state index contributed by atoms with van der Waals surface area (Å²) < 4.78 is 0. The number of likely N-dealkylation sites (tertiary alicyclic amines) is 1. The molecule has 4 rings (SSSR count). The molecule has 1 fully saturated rings. The van der Waals surface area contributed by atoms with Crippen LogP contribution in [0.5, 0.6) is 0 Å². The van der Waals surface area contributed by atoms with Crippen molar-refractivity contribution >= 4 is 17.7 Å². The van der Waals surface area contributed by atoms with Gasteiger partial charge in [0.25, 0.3) is 5.56 Å². The number of fused-ring (bicyclic) bond motifs is 1. The number of nitrogens with zero attached hydrogens (tertiary/aromatic N) is 2. The second-order valence-electron chi connectivity index (χ2n) is 6.77. The first-order valence-electron chi connectivity index (χ1n) is 8.71. The average Bonchev–Trinajstić information content (AvgIpc) is 3.04. The molecule has 1 saturated heterocycles. The first-order valence-corrected chi connectivity index (χ1v) is 9.59. The number of amides is 1. The van der Waals surface area contributed by atoms with E-state index in [1.807, 2.05) is 17.0 Å². The molecule has 0 aliphatic carbocycles. The Bertz CT molecular complexity index is 831. The molecule has 6 heteroatoms. The lowest BCUT2D eigenvalue weighted by Gasteiger charge is -2.33. The number of benzene rings is 1. The molecule has 5 nitrogen and oxygen atoms in total. The lowest BCUT2D eigenvalue weighted by Crippen LogP contribution is -2.42. The molecular weight excluding hydrogens is 334 g/mol. The number of hydrogen-bond acceptors (Lipinski definition) is 4. The van der Waals surface area contributed by atoms with Crippen molar-refractivity contribution in [2.24, 2.45) is 0 Å². The molecule has 130 valence electrons. The van der Waals surface area contributed by atoms with Crippen LogP contribution in [0.2, 0.25) is 0 Å². The molecule has 25 heavy (non-hydrogen) atoms. The number of piperidine rings is 1. The molecule has 1 amide bonds. The normalized spacial score (nSPS) is 20.5. The predicted octanol–water partition coefficient (Wildman–Crippen LogP) is 2.50. The van der Waals surface area contributed by atoms with Crippen molar-refractivity contribution in [1.82, 2.24) is 14.9 Å². The van der Waals surface area contributed by atoms with Crippen molar-refractivity contribution in [2.45, 2.75) is 42.2 Å². The van der Waals surface area contributed by atoms with Crippen LogP contribution in [0.25, 0.3) is 0 Å². The Kier molecular flexibility index (Phi) is 4.37. The smallest absolute Gasteiger partial charge is 0.251 e. The summed E-state index contributed by atoms with van der Waals surface area (Å²) in [5.74, 6) is 1.16. The van der Waals surface area contributed by atoms with E-state index in [0.29, 0.717) is 5.82 Å². The summed E-state index contributed by atoms with van der Waals surface area (Å²) >= 11 is 1.69. The number of nitrogens with one attached hydrogen (secondary N) is 1. The van der Waals surface area contributed by atoms with E-state index in [-0.39, 0.29) is 22.6 Å². The van der Waals surface area contributed by atoms with Crippen LogP contribution in [-0.4, -0.2) is 39.1 Å². The number of H-pyrrole nitrogens is 1. The quantitative estimate of drug-likeness (QED) is 0.899. The van der Waals surface area contributed by atoms with E-state index in [2.05, 4.69) is 22.1 Å². The lowest BCUT2D eigenvalue weighted by atomic mass is 9.93. The fraction of sp³-hybridized carbons (Fsp3) is 0.421. The van der Waals surface area contributed by atoms with Crippen molar-refractivity contribution in [3.63, 3.8) is 0 Å². The zero-order chi connectivity index (χ0) is 17.4. The van der Waals surface area contributed by atoms with Crippen LogP contribution >= 0.6 is 11.8 Å². The maximum absolute atomic E-state index is 12.9. The largest absolute Gasteiger partial charge is 0.342 e. The Hall–Kier alpha value is -2.08. The molecule has 0 saturated carbocycles. The highest BCUT2D eigenvalue weighted by atomic mass is 32.2. The highest BCUT2D eigenvalue weighted by Gasteiger charge is 2.33. The van der Waals surface area contributed by atoms with Gasteiger partial charge in [0.2, 0.25) is 5.91 Å². The summed E-state index contributed by atoms with van der Waals surface area (Å²) in [6, 6.07) is 9.87. The molecule has 0 bridgehead atoms. The minimum atomic E-state index is -0.0962. The van der Waals surface area contributed by atoms with Crippen molar-refractivity contribution in [3.8, 4) is 0 Å². The second-order valence-corrected chi connectivity index (χ2v) is 8.02. The third-order valence-corrected chi connectivity index (χ3v) is 6.33. The number of aromatic nitrogens is 2. The van der Waals surface area contributed by atoms with Crippen molar-refractivity contribution in [2.75, 3.05) is 13.1 Å². The number of rotatable bonds is 2. The Morgan fingerprint density at radius 2 is 2.04 bits per heavy atom. The average molecular weight is 355 g/mol. The second kappa shape index (κ2) is 6.67. The van der Waals surface area contributed by atoms with Gasteiger partial charge in [0.15, 0.2) is 0 Å². The zero-order valence-electron chi connectivity index (χ0n) is 14.2. The molecule has 2 aliphatic heterocycles. The van der Waals surface area contributed by atoms with Gasteiger partial charge in [0, 0.05) is 30.0 Å². The van der Waals surface area contributed by atoms with Gasteiger partial charge in [-0.1, -0.05) is 18.2 Å². The van der Waals surface area contributed by atoms with Gasteiger partial charge >= 0.3 is 0 Å². The summed E-state index contributed by atoms with van der Waals surface area (Å²) in [5, 5.41) is 0.00823. The van der Waals surface area contributed by atoms with Crippen molar-refractivity contribution in [1.29, 1.82) is 0 Å². The van der Waals surface area contributed by atoms with Crippen molar-refractivity contribution in [3.05, 3.63) is 57.8 Å². The number of carbonyl (C=O) groups excluding carboxylic acids is 1. The van der Waals surface area contributed by atoms with Crippen LogP contribution in [0, 0.1) is 6.92 Å². The maximum Gasteiger partial charge on any atom is 0.251 e. The molecule has 0 unspecified atom stereocenters. The fourth-order valence-corrected chi connectivity index (χ4v) is 5.01. The van der Waals surface area contributed by atoms with Crippen LogP contribution in [0.15, 0.2) is 40.0 Å². The Balaban J connectivity index is 1.39. The van der Waals surface area contributed by atoms with Crippen LogP contribution in [-0.2, 0) is 11.2 Å². The minimum Gasteiger partial charge on any atom is -0.342 e. The van der Waals surface area contributed by atoms with Crippen LogP contribution in [0.1, 0.15) is 35.8 Å². The van der Waals surface area contributed by atoms with E-state index in [1.165, 1.54) is 10.5 Å². The van der Waals surface area contributed by atoms with E-state index in [9.17, 15) is 9.59 Å². The van der Waals surface area contributed by atoms with Gasteiger partial charge in [-0.2, -0.15) is 0 Å². The van der Waals surface area contributed by atoms with Gasteiger partial charge in [-0.05, 0) is 37.8 Å². The third-order valence-electron chi connectivity index (χ3n) is 5.03. The van der Waals surface area contributed by atoms with Gasteiger partial charge in [-0.3, -0.25) is 9.59 Å². The molecular formula is C19H21N3O2S. The Morgan fingerprint density at radius 3 is 2.76 bits per heavy atom. The number of hydrogen-bond donors (Lipinski definition) is 1. The van der Waals surface area contributed by atoms with Crippen LogP contribution in [0.4, 0.5) is 0 Å². The van der Waals surface area contributed by atoms with E-state index in [1.54, 1.807) is 24.8 Å². The van der Waals surface area contributed by atoms with Gasteiger partial charge in [0.1, 0.15) is 5.82 Å². The molecule has 2 aromatic rings. The molecule has 1 aromatic carbocycles. The zero-order valence-corrected chi connectivity index (χ0v) is 15.0. The van der Waals surface area contributed by atoms with Crippen LogP contribution in [0.3, 0.4) is 0 Å². The third kappa shape index (κ3) is 3.35. The molecule has 2 aliphatic rings. The lowest BCUT2D eigenvalue weighted by molar-refractivity contribution is -0.131. The minimum absolute atomic E-state index is 0.00823. The fourth-order valence-electron chi connectivity index (χ4n) is 3.73. The molecule has 0 radical (unpaired) electrons. The molecule has 3 heterocycles. The molecule has 0 spiro atoms. The highest BCUT2D eigenvalue weighted by Crippen LogP contribution is 2.38. The first kappa shape index (κ1) is 16.4. The molecule has 1 atom stereocenters. The monoisotopic (exact) mass is 355 g/mol. The number of carbonyl (C=O) groups is 1. The summed E-state index contributed by atoms with van der Waals surface area (Å²) in [7, 11) is 0. The Morgan fingerprint density at radius 1 is 1.28 bits per heavy atom. The molecule has 1 aromatic heterocycles. The summed E-state index contributed by atoms with van der Waals surface area (Å²) in [4.78, 5) is 34.9. The SMILES string of the molecule is Cc1nc(C2CCN(C(=O)[C@H]3Cc4ccccc4S3)CC2)cc(=O)[nH]1. The van der Waals surface area contributed by atoms with Gasteiger partial charge in [0.05, 0.1) is 10.9 Å². The Labute approximate surface area is 150 Å². The van der Waals surface area contributed by atoms with Crippen molar-refractivity contribution < 1.29 is 4.79 Å². The number of aryl methyl sites for hydroxylation is 1. The maximum atomic E-state index is 12.9.